The number of carbonyl (C=O) groups excluding carboxylic acids is 1. The first-order valence-corrected chi connectivity index (χ1v) is 21.5. The average Bonchev–Trinajstić information content (AvgIpc) is 3.17. The van der Waals surface area contributed by atoms with E-state index in [1.54, 1.807) is 13.8 Å². The summed E-state index contributed by atoms with van der Waals surface area (Å²) in [6, 6.07) is -0.960. The smallest absolute Gasteiger partial charge is 0.308 e. The Kier molecular flexibility index (Phi) is 22.7. The summed E-state index contributed by atoms with van der Waals surface area (Å²) in [5, 5.41) is 75.2. The van der Waals surface area contributed by atoms with Gasteiger partial charge in [-0.2, -0.15) is 0 Å². The molecule has 0 aliphatic carbocycles. The van der Waals surface area contributed by atoms with Crippen molar-refractivity contribution in [3.63, 3.8) is 0 Å². The van der Waals surface area contributed by atoms with Crippen LogP contribution in [0, 0.1) is 11.8 Å². The van der Waals surface area contributed by atoms with E-state index in [2.05, 4.69) is 0 Å². The summed E-state index contributed by atoms with van der Waals surface area (Å²) < 4.78 is 23.7. The number of ether oxygens (including phenoxy) is 4. The number of carbonyl (C=O) groups is 1. The van der Waals surface area contributed by atoms with Gasteiger partial charge in [0.15, 0.2) is 12.1 Å². The molecule has 6 unspecified atom stereocenters. The van der Waals surface area contributed by atoms with Crippen molar-refractivity contribution in [2.45, 2.75) is 184 Å². The van der Waals surface area contributed by atoms with E-state index in [1.165, 1.54) is 0 Å². The molecule has 13 heteroatoms. The largest absolute Gasteiger partial charge is 0.462 e. The predicted octanol–water partition coefficient (Wildman–Crippen LogP) is 4.49. The molecule has 2 fully saturated rings. The van der Waals surface area contributed by atoms with E-state index in [0.29, 0.717) is 64.2 Å². The van der Waals surface area contributed by atoms with Crippen LogP contribution in [0.3, 0.4) is 0 Å². The summed E-state index contributed by atoms with van der Waals surface area (Å²) in [4.78, 5) is 12.6. The third kappa shape index (κ3) is 18.8. The highest BCUT2D eigenvalue weighted by Crippen LogP contribution is 2.34. The van der Waals surface area contributed by atoms with Gasteiger partial charge >= 0.3 is 5.97 Å². The number of fused-ring (bicyclic) bond motifs is 2. The van der Waals surface area contributed by atoms with Gasteiger partial charge in [-0.05, 0) is 65.2 Å². The van der Waals surface area contributed by atoms with Crippen molar-refractivity contribution in [3.8, 4) is 0 Å². The second kappa shape index (κ2) is 26.5. The molecule has 9 N–H and O–H groups in total. The Morgan fingerprint density at radius 1 is 0.661 bits per heavy atom. The first kappa shape index (κ1) is 50.6. The van der Waals surface area contributed by atoms with Gasteiger partial charge in [0.2, 0.25) is 0 Å². The molecule has 3 rings (SSSR count). The van der Waals surface area contributed by atoms with Crippen LogP contribution >= 0.6 is 0 Å². The molecule has 13 nitrogen and oxygen atoms in total. The average molecular weight is 832 g/mol. The molecule has 15 atom stereocenters. The van der Waals surface area contributed by atoms with E-state index in [-0.39, 0.29) is 24.7 Å². The molecule has 3 aliphatic rings. The topological polar surface area (TPSA) is 222 Å². The van der Waals surface area contributed by atoms with Crippen LogP contribution in [0.15, 0.2) is 85.1 Å². The third-order valence-corrected chi connectivity index (χ3v) is 11.4. The van der Waals surface area contributed by atoms with Crippen molar-refractivity contribution < 1.29 is 59.5 Å². The van der Waals surface area contributed by atoms with Crippen LogP contribution in [-0.4, -0.2) is 121 Å². The minimum atomic E-state index is -1.56. The molecule has 59 heavy (non-hydrogen) atoms. The highest BCUT2D eigenvalue weighted by atomic mass is 16.7. The Morgan fingerprint density at radius 3 is 1.81 bits per heavy atom. The van der Waals surface area contributed by atoms with Gasteiger partial charge in [-0.25, -0.2) is 0 Å². The second-order valence-electron chi connectivity index (χ2n) is 16.6. The maximum Gasteiger partial charge on any atom is 0.308 e. The van der Waals surface area contributed by atoms with E-state index in [9.17, 15) is 40.5 Å². The van der Waals surface area contributed by atoms with Gasteiger partial charge in [-0.3, -0.25) is 4.79 Å². The van der Waals surface area contributed by atoms with Crippen molar-refractivity contribution >= 4 is 5.97 Å². The highest BCUT2D eigenvalue weighted by molar-refractivity contribution is 5.70. The Bertz CT molecular complexity index is 1430. The molecule has 3 aliphatic heterocycles. The van der Waals surface area contributed by atoms with E-state index in [4.69, 9.17) is 24.7 Å². The second-order valence-corrected chi connectivity index (χ2v) is 16.6. The van der Waals surface area contributed by atoms with Crippen molar-refractivity contribution in [1.82, 2.24) is 0 Å². The van der Waals surface area contributed by atoms with Crippen LogP contribution in [-0.2, 0) is 23.7 Å². The van der Waals surface area contributed by atoms with Gasteiger partial charge < -0.3 is 60.4 Å². The fourth-order valence-corrected chi connectivity index (χ4v) is 7.53. The van der Waals surface area contributed by atoms with E-state index >= 15 is 0 Å². The minimum Gasteiger partial charge on any atom is -0.462 e. The van der Waals surface area contributed by atoms with Crippen LogP contribution in [0.1, 0.15) is 105 Å². The van der Waals surface area contributed by atoms with Crippen molar-refractivity contribution in [1.29, 1.82) is 0 Å². The molecule has 0 saturated carbocycles. The number of aliphatic hydroxyl groups excluding tert-OH is 6. The molecular formula is C46H73NO12. The van der Waals surface area contributed by atoms with Gasteiger partial charge in [-0.15, -0.1) is 0 Å². The van der Waals surface area contributed by atoms with Gasteiger partial charge in [0.05, 0.1) is 61.3 Å². The summed E-state index contributed by atoms with van der Waals surface area (Å²) in [5.41, 5.74) is 6.06. The molecule has 0 amide bonds. The van der Waals surface area contributed by atoms with Crippen molar-refractivity contribution in [3.05, 3.63) is 85.1 Å². The van der Waals surface area contributed by atoms with Crippen LogP contribution in [0.4, 0.5) is 0 Å². The van der Waals surface area contributed by atoms with Gasteiger partial charge in [0, 0.05) is 31.1 Å². The van der Waals surface area contributed by atoms with Gasteiger partial charge in [0.1, 0.15) is 12.2 Å². The van der Waals surface area contributed by atoms with E-state index in [1.807, 2.05) is 98.9 Å². The lowest BCUT2D eigenvalue weighted by molar-refractivity contribution is -0.289. The highest BCUT2D eigenvalue weighted by Gasteiger charge is 2.43. The monoisotopic (exact) mass is 832 g/mol. The summed E-state index contributed by atoms with van der Waals surface area (Å²) in [7, 11) is 0. The van der Waals surface area contributed by atoms with Crippen LogP contribution < -0.4 is 5.73 Å². The molecule has 0 aromatic heterocycles. The van der Waals surface area contributed by atoms with E-state index in [0.717, 1.165) is 0 Å². The molecule has 0 radical (unpaired) electrons. The van der Waals surface area contributed by atoms with Crippen LogP contribution in [0.25, 0.3) is 0 Å². The number of hydrogen-bond acceptors (Lipinski definition) is 13. The standard InChI is InChI=1S/C46H73NO12/c1-31-20-15-13-11-9-7-5-6-8-10-12-14-16-25-38(58-45-44(54)41(47)43(53)34(4)57-45)29-39-26-19-27-46(55,59-39)30-37(50)24-18-22-35(48)21-17-23-36(49)28-40(51)56-33(3)32(2)42(31)52/h5-16,20,25,31-39,41-45,48-50,52-55H,17-19,21-24,26-30,47H2,1-4H3/b6-5+,9-7+,10-8+,13-11+,14-12+,20-15+,25-16+/t31-,32-,33-,34?,35-,36+,37-,38-,39?,41?,42+,43?,44?,45?,46-/m0/s1. The fraction of sp³-hybridized carbons (Fsp3) is 0.674. The zero-order valence-electron chi connectivity index (χ0n) is 35.4. The molecule has 0 aromatic rings. The number of allylic oxidation sites excluding steroid dienone is 12. The minimum absolute atomic E-state index is 0.000395. The number of rotatable bonds is 2. The summed E-state index contributed by atoms with van der Waals surface area (Å²) in [6.07, 6.45) is 21.5. The van der Waals surface area contributed by atoms with Crippen LogP contribution in [0.2, 0.25) is 0 Å². The summed E-state index contributed by atoms with van der Waals surface area (Å²) in [5.74, 6) is -2.64. The van der Waals surface area contributed by atoms with Gasteiger partial charge in [-0.1, -0.05) is 98.9 Å². The van der Waals surface area contributed by atoms with Crippen molar-refractivity contribution in [2.24, 2.45) is 17.6 Å². The first-order chi connectivity index (χ1) is 28.1. The Hall–Kier alpha value is -2.79. The Morgan fingerprint density at radius 2 is 1.20 bits per heavy atom. The number of cyclic esters (lactones) is 1. The molecular weight excluding hydrogens is 759 g/mol. The molecule has 2 saturated heterocycles. The zero-order valence-corrected chi connectivity index (χ0v) is 35.4. The summed E-state index contributed by atoms with van der Waals surface area (Å²) in [6.45, 7) is 7.11. The maximum atomic E-state index is 12.6. The normalized spacial score (nSPS) is 43.9. The van der Waals surface area contributed by atoms with E-state index < -0.39 is 85.1 Å². The number of hydrogen-bond donors (Lipinski definition) is 8. The number of aliphatic hydroxyl groups is 7. The van der Waals surface area contributed by atoms with Crippen molar-refractivity contribution in [2.75, 3.05) is 0 Å². The fourth-order valence-electron chi connectivity index (χ4n) is 7.53. The SMILES string of the molecule is CC1OC(O[C@H]2/C=C/C=C/C=C/C=C/C=C/C=C/C=C/[C@H](C)[C@@H](O)[C@@H](C)[C@H](C)OC(=O)C[C@H](O)CCC[C@H](O)CCC[C@H](O)C[C@]3(O)CCCC(C2)O3)C(O)C(N)C1O. The lowest BCUT2D eigenvalue weighted by Gasteiger charge is -2.42. The predicted molar refractivity (Wildman–Crippen MR) is 226 cm³/mol. The number of esters is 1. The molecule has 334 valence electrons. The number of nitrogens with two attached hydrogens (primary N) is 1. The molecule has 0 aromatic carbocycles. The zero-order chi connectivity index (χ0) is 43.4. The lowest BCUT2D eigenvalue weighted by atomic mass is 9.89. The first-order valence-electron chi connectivity index (χ1n) is 21.5. The summed E-state index contributed by atoms with van der Waals surface area (Å²) >= 11 is 0. The van der Waals surface area contributed by atoms with Gasteiger partial charge in [0.25, 0.3) is 0 Å². The lowest BCUT2D eigenvalue weighted by Crippen LogP contribution is -2.61. The molecule has 0 spiro atoms. The quantitative estimate of drug-likeness (QED) is 0.180. The molecule has 3 heterocycles. The van der Waals surface area contributed by atoms with Crippen LogP contribution in [0.5, 0.6) is 0 Å². The third-order valence-electron chi connectivity index (χ3n) is 11.4. The maximum absolute atomic E-state index is 12.6. The Balaban J connectivity index is 1.71. The molecule has 2 bridgehead atoms. The Labute approximate surface area is 351 Å².